The van der Waals surface area contributed by atoms with Gasteiger partial charge in [0.2, 0.25) is 5.91 Å². The molecule has 20 heavy (non-hydrogen) atoms. The van der Waals surface area contributed by atoms with Crippen LogP contribution in [-0.4, -0.2) is 50.5 Å². The second-order valence-electron chi connectivity index (χ2n) is 5.90. The van der Waals surface area contributed by atoms with Gasteiger partial charge in [0, 0.05) is 27.2 Å². The van der Waals surface area contributed by atoms with Crippen LogP contribution in [0, 0.1) is 5.41 Å². The Morgan fingerprint density at radius 2 is 1.85 bits per heavy atom. The smallest absolute Gasteiger partial charge is 0.243 e. The minimum absolute atomic E-state index is 0.0216. The lowest BCUT2D eigenvalue weighted by atomic mass is 9.83. The molecule has 1 rings (SSSR count). The van der Waals surface area contributed by atoms with Crippen molar-refractivity contribution in [1.29, 1.82) is 0 Å². The molecule has 1 aliphatic carbocycles. The standard InChI is InChI=1S/C15H30N4O/c1-5-15(9-7-8-10-15)12-18-14(16-6-2)17-11-13(20)19(3)4/h5-12H2,1-4H3,(H2,16,17,18). The molecule has 0 aromatic heterocycles. The molecule has 0 atom stereocenters. The van der Waals surface area contributed by atoms with E-state index in [2.05, 4.69) is 22.5 Å². The monoisotopic (exact) mass is 282 g/mol. The second kappa shape index (κ2) is 8.12. The second-order valence-corrected chi connectivity index (χ2v) is 5.90. The first-order chi connectivity index (χ1) is 9.53. The average Bonchev–Trinajstić information content (AvgIpc) is 2.91. The summed E-state index contributed by atoms with van der Waals surface area (Å²) in [7, 11) is 3.51. The maximum atomic E-state index is 11.6. The van der Waals surface area contributed by atoms with Crippen molar-refractivity contribution in [2.24, 2.45) is 10.4 Å². The molecule has 0 saturated heterocycles. The molecular formula is C15H30N4O. The highest BCUT2D eigenvalue weighted by atomic mass is 16.2. The number of nitrogens with zero attached hydrogens (tertiary/aromatic N) is 2. The first kappa shape index (κ1) is 16.8. The SMILES string of the molecule is CCNC(=NCC(=O)N(C)C)NCC1(CC)CCCC1. The van der Waals surface area contributed by atoms with E-state index in [-0.39, 0.29) is 12.5 Å². The van der Waals surface area contributed by atoms with Gasteiger partial charge in [0.1, 0.15) is 6.54 Å². The van der Waals surface area contributed by atoms with Crippen molar-refractivity contribution in [1.82, 2.24) is 15.5 Å². The highest BCUT2D eigenvalue weighted by Crippen LogP contribution is 2.40. The van der Waals surface area contributed by atoms with E-state index < -0.39 is 0 Å². The molecule has 0 aromatic carbocycles. The molecule has 0 unspecified atom stereocenters. The summed E-state index contributed by atoms with van der Waals surface area (Å²) in [6.45, 7) is 6.26. The lowest BCUT2D eigenvalue weighted by Gasteiger charge is -2.28. The Morgan fingerprint density at radius 1 is 1.20 bits per heavy atom. The van der Waals surface area contributed by atoms with Crippen LogP contribution in [0.25, 0.3) is 0 Å². The van der Waals surface area contributed by atoms with Gasteiger partial charge in [-0.05, 0) is 31.6 Å². The van der Waals surface area contributed by atoms with Crippen LogP contribution in [0.3, 0.4) is 0 Å². The number of hydrogen-bond donors (Lipinski definition) is 2. The van der Waals surface area contributed by atoms with Crippen LogP contribution in [-0.2, 0) is 4.79 Å². The van der Waals surface area contributed by atoms with Gasteiger partial charge in [0.05, 0.1) is 0 Å². The minimum Gasteiger partial charge on any atom is -0.357 e. The maximum absolute atomic E-state index is 11.6. The summed E-state index contributed by atoms with van der Waals surface area (Å²) in [6, 6.07) is 0. The molecule has 1 amide bonds. The van der Waals surface area contributed by atoms with Gasteiger partial charge < -0.3 is 15.5 Å². The average molecular weight is 282 g/mol. The van der Waals surface area contributed by atoms with Crippen molar-refractivity contribution in [3.05, 3.63) is 0 Å². The molecule has 1 aliphatic rings. The van der Waals surface area contributed by atoms with Crippen LogP contribution in [0.1, 0.15) is 46.0 Å². The Labute approximate surface area is 123 Å². The molecule has 5 heteroatoms. The number of aliphatic imine (C=N–C) groups is 1. The van der Waals surface area contributed by atoms with Crippen LogP contribution in [0.4, 0.5) is 0 Å². The number of nitrogens with one attached hydrogen (secondary N) is 2. The predicted molar refractivity (Wildman–Crippen MR) is 83.9 cm³/mol. The molecule has 5 nitrogen and oxygen atoms in total. The van der Waals surface area contributed by atoms with Crippen molar-refractivity contribution in [3.63, 3.8) is 0 Å². The van der Waals surface area contributed by atoms with Crippen LogP contribution < -0.4 is 10.6 Å². The van der Waals surface area contributed by atoms with E-state index in [0.717, 1.165) is 19.0 Å². The summed E-state index contributed by atoms with van der Waals surface area (Å²) < 4.78 is 0. The summed E-state index contributed by atoms with van der Waals surface area (Å²) >= 11 is 0. The Bertz CT molecular complexity index is 333. The van der Waals surface area contributed by atoms with Gasteiger partial charge in [0.15, 0.2) is 5.96 Å². The fourth-order valence-electron chi connectivity index (χ4n) is 2.68. The Morgan fingerprint density at radius 3 is 2.35 bits per heavy atom. The first-order valence-electron chi connectivity index (χ1n) is 7.75. The summed E-state index contributed by atoms with van der Waals surface area (Å²) in [5, 5.41) is 6.63. The molecule has 2 N–H and O–H groups in total. The Kier molecular flexibility index (Phi) is 6.82. The zero-order valence-corrected chi connectivity index (χ0v) is 13.5. The number of likely N-dealkylation sites (N-methyl/N-ethyl adjacent to an activating group) is 1. The molecule has 116 valence electrons. The van der Waals surface area contributed by atoms with Crippen LogP contribution in [0.5, 0.6) is 0 Å². The highest BCUT2D eigenvalue weighted by molar-refractivity contribution is 5.84. The van der Waals surface area contributed by atoms with E-state index in [1.807, 2.05) is 6.92 Å². The molecule has 0 radical (unpaired) electrons. The number of carbonyl (C=O) groups is 1. The Hall–Kier alpha value is -1.26. The summed E-state index contributed by atoms with van der Waals surface area (Å²) in [5.74, 6) is 0.774. The number of carbonyl (C=O) groups excluding carboxylic acids is 1. The summed E-state index contributed by atoms with van der Waals surface area (Å²) in [5.41, 5.74) is 0.418. The third kappa shape index (κ3) is 5.02. The van der Waals surface area contributed by atoms with Crippen molar-refractivity contribution >= 4 is 11.9 Å². The fourth-order valence-corrected chi connectivity index (χ4v) is 2.68. The van der Waals surface area contributed by atoms with E-state index in [4.69, 9.17) is 0 Å². The zero-order valence-electron chi connectivity index (χ0n) is 13.5. The summed E-state index contributed by atoms with van der Waals surface area (Å²) in [4.78, 5) is 17.5. The number of guanidine groups is 1. The van der Waals surface area contributed by atoms with Gasteiger partial charge in [-0.25, -0.2) is 4.99 Å². The number of hydrogen-bond acceptors (Lipinski definition) is 2. The van der Waals surface area contributed by atoms with E-state index in [1.165, 1.54) is 32.1 Å². The Balaban J connectivity index is 2.53. The lowest BCUT2D eigenvalue weighted by Crippen LogP contribution is -2.43. The van der Waals surface area contributed by atoms with E-state index in [1.54, 1.807) is 19.0 Å². The van der Waals surface area contributed by atoms with Gasteiger partial charge in [-0.15, -0.1) is 0 Å². The lowest BCUT2D eigenvalue weighted by molar-refractivity contribution is -0.127. The fraction of sp³-hybridized carbons (Fsp3) is 0.867. The normalized spacial score (nSPS) is 17.9. The molecular weight excluding hydrogens is 252 g/mol. The quantitative estimate of drug-likeness (QED) is 0.575. The zero-order chi connectivity index (χ0) is 15.0. The molecule has 1 fully saturated rings. The van der Waals surface area contributed by atoms with Gasteiger partial charge in [-0.1, -0.05) is 19.8 Å². The van der Waals surface area contributed by atoms with Crippen LogP contribution in [0.2, 0.25) is 0 Å². The van der Waals surface area contributed by atoms with Crippen molar-refractivity contribution < 1.29 is 4.79 Å². The van der Waals surface area contributed by atoms with E-state index >= 15 is 0 Å². The molecule has 0 heterocycles. The van der Waals surface area contributed by atoms with Gasteiger partial charge in [0.25, 0.3) is 0 Å². The van der Waals surface area contributed by atoms with E-state index in [9.17, 15) is 4.79 Å². The number of rotatable bonds is 6. The van der Waals surface area contributed by atoms with Crippen molar-refractivity contribution in [3.8, 4) is 0 Å². The van der Waals surface area contributed by atoms with Crippen LogP contribution >= 0.6 is 0 Å². The molecule has 0 aromatic rings. The number of amides is 1. The molecule has 0 spiro atoms. The predicted octanol–water partition coefficient (Wildman–Crippen LogP) is 1.60. The minimum atomic E-state index is 0.0216. The first-order valence-corrected chi connectivity index (χ1v) is 7.75. The van der Waals surface area contributed by atoms with Gasteiger partial charge in [-0.2, -0.15) is 0 Å². The van der Waals surface area contributed by atoms with Gasteiger partial charge in [-0.3, -0.25) is 4.79 Å². The third-order valence-corrected chi connectivity index (χ3v) is 4.26. The van der Waals surface area contributed by atoms with Crippen LogP contribution in [0.15, 0.2) is 4.99 Å². The van der Waals surface area contributed by atoms with Gasteiger partial charge >= 0.3 is 0 Å². The molecule has 1 saturated carbocycles. The molecule has 0 bridgehead atoms. The molecule has 0 aliphatic heterocycles. The maximum Gasteiger partial charge on any atom is 0.243 e. The largest absolute Gasteiger partial charge is 0.357 e. The summed E-state index contributed by atoms with van der Waals surface area (Å²) in [6.07, 6.45) is 6.47. The highest BCUT2D eigenvalue weighted by Gasteiger charge is 2.31. The van der Waals surface area contributed by atoms with Crippen molar-refractivity contribution in [2.45, 2.75) is 46.0 Å². The third-order valence-electron chi connectivity index (χ3n) is 4.26. The topological polar surface area (TPSA) is 56.7 Å². The van der Waals surface area contributed by atoms with Crippen molar-refractivity contribution in [2.75, 3.05) is 33.7 Å². The van der Waals surface area contributed by atoms with E-state index in [0.29, 0.717) is 5.41 Å².